The summed E-state index contributed by atoms with van der Waals surface area (Å²) in [5.41, 5.74) is 0.206. The molecule has 0 saturated carbocycles. The summed E-state index contributed by atoms with van der Waals surface area (Å²) in [5, 5.41) is 13.5. The zero-order chi connectivity index (χ0) is 18.6. The van der Waals surface area contributed by atoms with Crippen LogP contribution in [0.15, 0.2) is 47.4 Å². The molecule has 0 aliphatic rings. The molecule has 0 atom stereocenters. The van der Waals surface area contributed by atoms with Gasteiger partial charge in [-0.25, -0.2) is 12.8 Å². The number of hydrogen-bond donors (Lipinski definition) is 1. The van der Waals surface area contributed by atoms with E-state index in [1.807, 2.05) is 0 Å². The molecule has 2 aromatic carbocycles. The zero-order valence-corrected chi connectivity index (χ0v) is 14.0. The van der Waals surface area contributed by atoms with Gasteiger partial charge in [0.1, 0.15) is 5.82 Å². The SMILES string of the molecule is CS(=O)(=O)c1cc(C(=O)NCCc2ccc(F)cc2)cc([N+](=O)[O-])c1. The molecule has 25 heavy (non-hydrogen) atoms. The van der Waals surface area contributed by atoms with Crippen molar-refractivity contribution in [3.63, 3.8) is 0 Å². The van der Waals surface area contributed by atoms with Gasteiger partial charge in [-0.3, -0.25) is 14.9 Å². The molecule has 0 aliphatic heterocycles. The first-order valence-corrected chi connectivity index (χ1v) is 9.08. The highest BCUT2D eigenvalue weighted by Crippen LogP contribution is 2.21. The summed E-state index contributed by atoms with van der Waals surface area (Å²) in [7, 11) is -3.70. The molecular weight excluding hydrogens is 351 g/mol. The van der Waals surface area contributed by atoms with Crippen LogP contribution >= 0.6 is 0 Å². The van der Waals surface area contributed by atoms with Crippen molar-refractivity contribution in [3.05, 3.63) is 69.5 Å². The lowest BCUT2D eigenvalue weighted by Crippen LogP contribution is -2.26. The van der Waals surface area contributed by atoms with E-state index in [1.165, 1.54) is 12.1 Å². The van der Waals surface area contributed by atoms with Crippen molar-refractivity contribution < 1.29 is 22.5 Å². The largest absolute Gasteiger partial charge is 0.352 e. The maximum absolute atomic E-state index is 12.8. The van der Waals surface area contributed by atoms with E-state index in [0.29, 0.717) is 6.42 Å². The molecule has 0 saturated heterocycles. The molecule has 0 aliphatic carbocycles. The molecule has 1 N–H and O–H groups in total. The molecule has 0 fully saturated rings. The molecule has 0 unspecified atom stereocenters. The first kappa shape index (κ1) is 18.5. The van der Waals surface area contributed by atoms with Crippen LogP contribution in [0.1, 0.15) is 15.9 Å². The highest BCUT2D eigenvalue weighted by molar-refractivity contribution is 7.90. The number of carbonyl (C=O) groups is 1. The number of nitrogens with one attached hydrogen (secondary N) is 1. The first-order chi connectivity index (χ1) is 11.7. The smallest absolute Gasteiger partial charge is 0.271 e. The van der Waals surface area contributed by atoms with Crippen LogP contribution in [0.4, 0.5) is 10.1 Å². The Labute approximate surface area is 143 Å². The molecule has 0 spiro atoms. The number of benzene rings is 2. The maximum atomic E-state index is 12.8. The van der Waals surface area contributed by atoms with Gasteiger partial charge in [0.05, 0.1) is 9.82 Å². The summed E-state index contributed by atoms with van der Waals surface area (Å²) in [6.45, 7) is 0.210. The second kappa shape index (κ2) is 7.39. The molecule has 7 nitrogen and oxygen atoms in total. The molecule has 2 aromatic rings. The number of sulfone groups is 1. The number of nitro groups is 1. The number of carbonyl (C=O) groups excluding carboxylic acids is 1. The Morgan fingerprint density at radius 2 is 1.84 bits per heavy atom. The average molecular weight is 366 g/mol. The summed E-state index contributed by atoms with van der Waals surface area (Å²) < 4.78 is 36.1. The second-order valence-corrected chi connectivity index (χ2v) is 7.39. The minimum atomic E-state index is -3.70. The van der Waals surface area contributed by atoms with Gasteiger partial charge < -0.3 is 5.32 Å². The van der Waals surface area contributed by atoms with Crippen LogP contribution in [0.25, 0.3) is 0 Å². The molecule has 0 heterocycles. The third-order valence-electron chi connectivity index (χ3n) is 3.40. The third kappa shape index (κ3) is 5.08. The van der Waals surface area contributed by atoms with Crippen molar-refractivity contribution in [3.8, 4) is 0 Å². The van der Waals surface area contributed by atoms with Crippen LogP contribution < -0.4 is 5.32 Å². The monoisotopic (exact) mass is 366 g/mol. The van der Waals surface area contributed by atoms with Crippen LogP contribution in [0.2, 0.25) is 0 Å². The van der Waals surface area contributed by atoms with Gasteiger partial charge in [-0.2, -0.15) is 0 Å². The zero-order valence-electron chi connectivity index (χ0n) is 13.2. The Kier molecular flexibility index (Phi) is 5.48. The number of non-ortho nitro benzene ring substituents is 1. The lowest BCUT2D eigenvalue weighted by Gasteiger charge is -2.07. The van der Waals surface area contributed by atoms with E-state index in [2.05, 4.69) is 5.32 Å². The van der Waals surface area contributed by atoms with Crippen molar-refractivity contribution in [2.24, 2.45) is 0 Å². The standard InChI is InChI=1S/C16H15FN2O5S/c1-25(23,24)15-9-12(8-14(10-15)19(21)22)16(20)18-7-6-11-2-4-13(17)5-3-11/h2-5,8-10H,6-7H2,1H3,(H,18,20). The number of halogens is 1. The summed E-state index contributed by atoms with van der Waals surface area (Å²) in [5.74, 6) is -0.992. The van der Waals surface area contributed by atoms with Crippen LogP contribution in [0, 0.1) is 15.9 Å². The Bertz CT molecular complexity index is 911. The van der Waals surface area contributed by atoms with Gasteiger partial charge in [0, 0.05) is 30.5 Å². The highest BCUT2D eigenvalue weighted by Gasteiger charge is 2.18. The summed E-state index contributed by atoms with van der Waals surface area (Å²) in [6, 6.07) is 8.78. The fraction of sp³-hybridized carbons (Fsp3) is 0.188. The molecule has 0 bridgehead atoms. The lowest BCUT2D eigenvalue weighted by molar-refractivity contribution is -0.385. The van der Waals surface area contributed by atoms with Gasteiger partial charge >= 0.3 is 0 Å². The van der Waals surface area contributed by atoms with E-state index >= 15 is 0 Å². The van der Waals surface area contributed by atoms with E-state index in [-0.39, 0.29) is 22.8 Å². The van der Waals surface area contributed by atoms with Crippen LogP contribution in [0.5, 0.6) is 0 Å². The van der Waals surface area contributed by atoms with E-state index < -0.39 is 26.4 Å². The first-order valence-electron chi connectivity index (χ1n) is 7.19. The minimum Gasteiger partial charge on any atom is -0.352 e. The minimum absolute atomic E-state index is 0.117. The Morgan fingerprint density at radius 1 is 1.20 bits per heavy atom. The van der Waals surface area contributed by atoms with Crippen molar-refractivity contribution in [1.82, 2.24) is 5.32 Å². The number of hydrogen-bond acceptors (Lipinski definition) is 5. The van der Waals surface area contributed by atoms with E-state index in [9.17, 15) is 27.7 Å². The Morgan fingerprint density at radius 3 is 2.40 bits per heavy atom. The fourth-order valence-corrected chi connectivity index (χ4v) is 2.78. The molecular formula is C16H15FN2O5S. The second-order valence-electron chi connectivity index (χ2n) is 5.38. The number of amides is 1. The van der Waals surface area contributed by atoms with E-state index in [1.54, 1.807) is 12.1 Å². The normalized spacial score (nSPS) is 11.1. The fourth-order valence-electron chi connectivity index (χ4n) is 2.11. The van der Waals surface area contributed by atoms with Gasteiger partial charge in [0.2, 0.25) is 0 Å². The molecule has 9 heteroatoms. The van der Waals surface area contributed by atoms with Crippen LogP contribution in [-0.4, -0.2) is 32.0 Å². The molecule has 1 amide bonds. The Hall–Kier alpha value is -2.81. The van der Waals surface area contributed by atoms with Gasteiger partial charge in [-0.1, -0.05) is 12.1 Å². The van der Waals surface area contributed by atoms with E-state index in [0.717, 1.165) is 30.0 Å². The maximum Gasteiger partial charge on any atom is 0.271 e. The summed E-state index contributed by atoms with van der Waals surface area (Å²) >= 11 is 0. The van der Waals surface area contributed by atoms with Gasteiger partial charge in [0.15, 0.2) is 9.84 Å². The third-order valence-corrected chi connectivity index (χ3v) is 4.50. The number of rotatable bonds is 6. The van der Waals surface area contributed by atoms with Crippen LogP contribution in [-0.2, 0) is 16.3 Å². The van der Waals surface area contributed by atoms with Crippen molar-refractivity contribution in [1.29, 1.82) is 0 Å². The predicted molar refractivity (Wildman–Crippen MR) is 88.6 cm³/mol. The summed E-state index contributed by atoms with van der Waals surface area (Å²) in [6.07, 6.45) is 1.34. The van der Waals surface area contributed by atoms with E-state index in [4.69, 9.17) is 0 Å². The quantitative estimate of drug-likeness (QED) is 0.622. The van der Waals surface area contributed by atoms with Gasteiger partial charge in [0.25, 0.3) is 11.6 Å². The predicted octanol–water partition coefficient (Wildman–Crippen LogP) is 2.11. The number of nitrogens with zero attached hydrogens (tertiary/aromatic N) is 1. The molecule has 0 aromatic heterocycles. The number of nitro benzene ring substituents is 1. The Balaban J connectivity index is 2.13. The molecule has 132 valence electrons. The van der Waals surface area contributed by atoms with Gasteiger partial charge in [-0.05, 0) is 30.2 Å². The average Bonchev–Trinajstić information content (AvgIpc) is 2.55. The molecule has 0 radical (unpaired) electrons. The molecule has 2 rings (SSSR count). The van der Waals surface area contributed by atoms with Gasteiger partial charge in [-0.15, -0.1) is 0 Å². The van der Waals surface area contributed by atoms with Crippen molar-refractivity contribution in [2.45, 2.75) is 11.3 Å². The highest BCUT2D eigenvalue weighted by atomic mass is 32.2. The summed E-state index contributed by atoms with van der Waals surface area (Å²) in [4.78, 5) is 22.0. The topological polar surface area (TPSA) is 106 Å². The van der Waals surface area contributed by atoms with Crippen molar-refractivity contribution >= 4 is 21.4 Å². The lowest BCUT2D eigenvalue weighted by atomic mass is 10.1. The van der Waals surface area contributed by atoms with Crippen molar-refractivity contribution in [2.75, 3.05) is 12.8 Å². The van der Waals surface area contributed by atoms with Crippen LogP contribution in [0.3, 0.4) is 0 Å².